The average molecular weight is 385 g/mol. The Morgan fingerprint density at radius 2 is 1.78 bits per heavy atom. The first kappa shape index (κ1) is 18.3. The summed E-state index contributed by atoms with van der Waals surface area (Å²) in [5.41, 5.74) is 0.0909. The molecule has 1 amide bonds. The fraction of sp³-hybridized carbons (Fsp3) is 0.0526. The number of anilines is 1. The fourth-order valence-electron chi connectivity index (χ4n) is 2.46. The zero-order chi connectivity index (χ0) is 19.4. The third-order valence-corrected chi connectivity index (χ3v) is 4.07. The van der Waals surface area contributed by atoms with Crippen molar-refractivity contribution in [1.29, 1.82) is 0 Å². The molecule has 3 aromatic carbocycles. The van der Waals surface area contributed by atoms with E-state index in [9.17, 15) is 19.7 Å². The monoisotopic (exact) mass is 384 g/mol. The highest BCUT2D eigenvalue weighted by Crippen LogP contribution is 2.25. The third-order valence-electron chi connectivity index (χ3n) is 3.75. The predicted molar refractivity (Wildman–Crippen MR) is 101 cm³/mol. The topological polar surface area (TPSA) is 98.5 Å². The van der Waals surface area contributed by atoms with Crippen LogP contribution in [0, 0.1) is 10.1 Å². The molecule has 0 bridgehead atoms. The van der Waals surface area contributed by atoms with E-state index in [-0.39, 0.29) is 10.6 Å². The molecule has 0 radical (unpaired) electrons. The number of carbonyl (C=O) groups excluding carboxylic acids is 2. The summed E-state index contributed by atoms with van der Waals surface area (Å²) in [4.78, 5) is 34.2. The van der Waals surface area contributed by atoms with Crippen molar-refractivity contribution in [2.45, 2.75) is 0 Å². The van der Waals surface area contributed by atoms with Gasteiger partial charge < -0.3 is 10.1 Å². The van der Waals surface area contributed by atoms with Crippen LogP contribution in [0.25, 0.3) is 10.8 Å². The number of rotatable bonds is 5. The molecular weight excluding hydrogens is 372 g/mol. The Kier molecular flexibility index (Phi) is 5.33. The van der Waals surface area contributed by atoms with Gasteiger partial charge >= 0.3 is 5.97 Å². The molecule has 0 aliphatic carbocycles. The molecule has 7 nitrogen and oxygen atoms in total. The van der Waals surface area contributed by atoms with E-state index in [4.69, 9.17) is 16.3 Å². The lowest BCUT2D eigenvalue weighted by molar-refractivity contribution is -0.384. The van der Waals surface area contributed by atoms with Gasteiger partial charge in [0.25, 0.3) is 11.6 Å². The highest BCUT2D eigenvalue weighted by Gasteiger charge is 2.18. The molecule has 8 heteroatoms. The Labute approximate surface area is 158 Å². The summed E-state index contributed by atoms with van der Waals surface area (Å²) in [6.45, 7) is -0.526. The minimum atomic E-state index is -0.858. The SMILES string of the molecule is O=C(COC(=O)c1ccc(Cl)c([N+](=O)[O-])c1)Nc1ccc2ccccc2c1. The van der Waals surface area contributed by atoms with Gasteiger partial charge in [-0.1, -0.05) is 41.9 Å². The van der Waals surface area contributed by atoms with Crippen LogP contribution in [0.1, 0.15) is 10.4 Å². The van der Waals surface area contributed by atoms with Crippen molar-refractivity contribution < 1.29 is 19.2 Å². The van der Waals surface area contributed by atoms with Gasteiger partial charge in [0, 0.05) is 11.8 Å². The van der Waals surface area contributed by atoms with Gasteiger partial charge in [-0.3, -0.25) is 14.9 Å². The maximum atomic E-state index is 12.0. The average Bonchev–Trinajstić information content (AvgIpc) is 2.66. The number of halogens is 1. The van der Waals surface area contributed by atoms with Crippen LogP contribution in [0.5, 0.6) is 0 Å². The Morgan fingerprint density at radius 1 is 1.04 bits per heavy atom. The van der Waals surface area contributed by atoms with Crippen LogP contribution in [-0.4, -0.2) is 23.4 Å². The predicted octanol–water partition coefficient (Wildman–Crippen LogP) is 4.20. The van der Waals surface area contributed by atoms with Crippen molar-refractivity contribution in [3.8, 4) is 0 Å². The summed E-state index contributed by atoms with van der Waals surface area (Å²) in [6, 6.07) is 16.6. The molecule has 136 valence electrons. The van der Waals surface area contributed by atoms with E-state index >= 15 is 0 Å². The van der Waals surface area contributed by atoms with Crippen LogP contribution in [0.4, 0.5) is 11.4 Å². The number of nitro groups is 1. The Bertz CT molecular complexity index is 1050. The lowest BCUT2D eigenvalue weighted by atomic mass is 10.1. The number of nitrogens with zero attached hydrogens (tertiary/aromatic N) is 1. The molecule has 0 saturated carbocycles. The second-order valence-electron chi connectivity index (χ2n) is 5.61. The number of carbonyl (C=O) groups is 2. The van der Waals surface area contributed by atoms with Gasteiger partial charge in [-0.15, -0.1) is 0 Å². The highest BCUT2D eigenvalue weighted by molar-refractivity contribution is 6.32. The maximum absolute atomic E-state index is 12.0. The summed E-state index contributed by atoms with van der Waals surface area (Å²) in [5, 5.41) is 15.4. The van der Waals surface area contributed by atoms with E-state index in [0.29, 0.717) is 5.69 Å². The van der Waals surface area contributed by atoms with Crippen molar-refractivity contribution in [2.75, 3.05) is 11.9 Å². The van der Waals surface area contributed by atoms with E-state index in [1.807, 2.05) is 30.3 Å². The molecule has 3 aromatic rings. The van der Waals surface area contributed by atoms with Crippen molar-refractivity contribution in [3.05, 3.63) is 81.4 Å². The summed E-state index contributed by atoms with van der Waals surface area (Å²) in [6.07, 6.45) is 0. The molecular formula is C19H13ClN2O5. The molecule has 0 unspecified atom stereocenters. The van der Waals surface area contributed by atoms with Crippen LogP contribution in [0.2, 0.25) is 5.02 Å². The largest absolute Gasteiger partial charge is 0.452 e. The molecule has 0 saturated heterocycles. The first-order valence-corrected chi connectivity index (χ1v) is 8.21. The van der Waals surface area contributed by atoms with Crippen molar-refractivity contribution >= 4 is 45.6 Å². The number of hydrogen-bond acceptors (Lipinski definition) is 5. The van der Waals surface area contributed by atoms with Gasteiger partial charge in [0.1, 0.15) is 5.02 Å². The molecule has 0 aliphatic rings. The zero-order valence-corrected chi connectivity index (χ0v) is 14.6. The summed E-state index contributed by atoms with van der Waals surface area (Å²) in [7, 11) is 0. The molecule has 0 aromatic heterocycles. The first-order chi connectivity index (χ1) is 12.9. The fourth-order valence-corrected chi connectivity index (χ4v) is 2.64. The van der Waals surface area contributed by atoms with Gasteiger partial charge in [-0.2, -0.15) is 0 Å². The second-order valence-corrected chi connectivity index (χ2v) is 6.02. The normalized spacial score (nSPS) is 10.4. The van der Waals surface area contributed by atoms with Crippen molar-refractivity contribution in [3.63, 3.8) is 0 Å². The third kappa shape index (κ3) is 4.39. The number of ether oxygens (including phenoxy) is 1. The number of benzene rings is 3. The molecule has 0 atom stereocenters. The van der Waals surface area contributed by atoms with E-state index in [0.717, 1.165) is 16.8 Å². The number of esters is 1. The Balaban J connectivity index is 1.62. The first-order valence-electron chi connectivity index (χ1n) is 7.84. The molecule has 0 fully saturated rings. The summed E-state index contributed by atoms with van der Waals surface area (Å²) < 4.78 is 4.91. The van der Waals surface area contributed by atoms with Gasteiger partial charge in [0.15, 0.2) is 6.61 Å². The van der Waals surface area contributed by atoms with Crippen LogP contribution in [0.15, 0.2) is 60.7 Å². The zero-order valence-electron chi connectivity index (χ0n) is 13.8. The number of amides is 1. The maximum Gasteiger partial charge on any atom is 0.338 e. The van der Waals surface area contributed by atoms with E-state index < -0.39 is 29.1 Å². The Morgan fingerprint density at radius 3 is 2.52 bits per heavy atom. The molecule has 0 spiro atoms. The Hall–Kier alpha value is -3.45. The molecule has 0 aliphatic heterocycles. The lowest BCUT2D eigenvalue weighted by Crippen LogP contribution is -2.21. The highest BCUT2D eigenvalue weighted by atomic mass is 35.5. The standard InChI is InChI=1S/C19H13ClN2O5/c20-16-8-6-14(10-17(16)22(25)26)19(24)27-11-18(23)21-15-7-5-12-3-1-2-4-13(12)9-15/h1-10H,11H2,(H,21,23). The van der Waals surface area contributed by atoms with Crippen LogP contribution < -0.4 is 5.32 Å². The number of fused-ring (bicyclic) bond motifs is 1. The van der Waals surface area contributed by atoms with Crippen LogP contribution in [-0.2, 0) is 9.53 Å². The van der Waals surface area contributed by atoms with Gasteiger partial charge in [-0.25, -0.2) is 4.79 Å². The van der Waals surface area contributed by atoms with Gasteiger partial charge in [0.2, 0.25) is 0 Å². The minimum Gasteiger partial charge on any atom is -0.452 e. The van der Waals surface area contributed by atoms with Gasteiger partial charge in [0.05, 0.1) is 10.5 Å². The number of nitrogens with one attached hydrogen (secondary N) is 1. The van der Waals surface area contributed by atoms with Gasteiger partial charge in [-0.05, 0) is 35.0 Å². The van der Waals surface area contributed by atoms with E-state index in [1.165, 1.54) is 12.1 Å². The number of hydrogen-bond donors (Lipinski definition) is 1. The lowest BCUT2D eigenvalue weighted by Gasteiger charge is -2.08. The minimum absolute atomic E-state index is 0.0652. The van der Waals surface area contributed by atoms with Crippen molar-refractivity contribution in [1.82, 2.24) is 0 Å². The quantitative estimate of drug-likeness (QED) is 0.404. The summed E-state index contributed by atoms with van der Waals surface area (Å²) >= 11 is 5.70. The molecule has 1 N–H and O–H groups in total. The second kappa shape index (κ2) is 7.84. The smallest absolute Gasteiger partial charge is 0.338 e. The van der Waals surface area contributed by atoms with Crippen molar-refractivity contribution in [2.24, 2.45) is 0 Å². The van der Waals surface area contributed by atoms with Crippen LogP contribution >= 0.6 is 11.6 Å². The summed E-state index contributed by atoms with van der Waals surface area (Å²) in [5.74, 6) is -1.38. The van der Waals surface area contributed by atoms with E-state index in [1.54, 1.807) is 12.1 Å². The molecule has 27 heavy (non-hydrogen) atoms. The number of nitro benzene ring substituents is 1. The van der Waals surface area contributed by atoms with E-state index in [2.05, 4.69) is 5.32 Å². The van der Waals surface area contributed by atoms with Crippen LogP contribution in [0.3, 0.4) is 0 Å². The molecule has 3 rings (SSSR count). The molecule has 0 heterocycles.